The minimum Gasteiger partial charge on any atom is -0.351 e. The normalized spacial score (nSPS) is 16.5. The molecular formula is C17H20ClF3N2O. The van der Waals surface area contributed by atoms with Crippen LogP contribution in [0.3, 0.4) is 0 Å². The number of halogens is 4. The Morgan fingerprint density at radius 1 is 1.25 bits per heavy atom. The van der Waals surface area contributed by atoms with E-state index in [0.29, 0.717) is 6.54 Å². The van der Waals surface area contributed by atoms with Gasteiger partial charge in [0.1, 0.15) is 0 Å². The molecule has 24 heavy (non-hydrogen) atoms. The van der Waals surface area contributed by atoms with Crippen molar-refractivity contribution in [1.29, 1.82) is 0 Å². The summed E-state index contributed by atoms with van der Waals surface area (Å²) in [5.74, 6) is -0.347. The highest BCUT2D eigenvalue weighted by Gasteiger charge is 2.30. The first kappa shape index (κ1) is 18.8. The number of nitrogens with zero attached hydrogens (tertiary/aromatic N) is 1. The average Bonchev–Trinajstić information content (AvgIpc) is 2.54. The zero-order chi connectivity index (χ0) is 17.6. The molecule has 0 bridgehead atoms. The number of alkyl halides is 3. The summed E-state index contributed by atoms with van der Waals surface area (Å²) < 4.78 is 38.1. The molecule has 0 radical (unpaired) electrons. The molecule has 0 unspecified atom stereocenters. The van der Waals surface area contributed by atoms with Crippen molar-refractivity contribution in [2.75, 3.05) is 26.2 Å². The van der Waals surface area contributed by atoms with Crippen LogP contribution < -0.4 is 5.32 Å². The number of piperidine rings is 1. The van der Waals surface area contributed by atoms with Crippen LogP contribution in [0.2, 0.25) is 5.02 Å². The van der Waals surface area contributed by atoms with Gasteiger partial charge in [-0.3, -0.25) is 4.79 Å². The molecule has 1 aromatic rings. The lowest BCUT2D eigenvalue weighted by molar-refractivity contribution is -0.137. The van der Waals surface area contributed by atoms with Crippen LogP contribution in [0, 0.1) is 0 Å². The van der Waals surface area contributed by atoms with Crippen molar-refractivity contribution in [2.45, 2.75) is 25.4 Å². The smallest absolute Gasteiger partial charge is 0.351 e. The first-order valence-electron chi connectivity index (χ1n) is 7.91. The van der Waals surface area contributed by atoms with Crippen LogP contribution in [0.25, 0.3) is 6.08 Å². The minimum absolute atomic E-state index is 0.165. The molecule has 1 aromatic carbocycles. The highest BCUT2D eigenvalue weighted by Crippen LogP contribution is 2.32. The lowest BCUT2D eigenvalue weighted by Gasteiger charge is -2.26. The molecule has 0 saturated carbocycles. The maximum atomic E-state index is 12.7. The van der Waals surface area contributed by atoms with Crippen molar-refractivity contribution < 1.29 is 18.0 Å². The zero-order valence-electron chi connectivity index (χ0n) is 13.2. The van der Waals surface area contributed by atoms with Crippen LogP contribution in [-0.4, -0.2) is 37.0 Å². The maximum Gasteiger partial charge on any atom is 0.416 e. The average molecular weight is 361 g/mol. The van der Waals surface area contributed by atoms with Crippen molar-refractivity contribution in [3.63, 3.8) is 0 Å². The lowest BCUT2D eigenvalue weighted by Crippen LogP contribution is -2.37. The molecule has 0 spiro atoms. The molecule has 1 aliphatic rings. The van der Waals surface area contributed by atoms with Gasteiger partial charge in [0.2, 0.25) is 5.91 Å². The SMILES string of the molecule is O=C(/C=C/c1cc(C(F)(F)F)ccc1Cl)NCCN1CCCCC1. The zero-order valence-corrected chi connectivity index (χ0v) is 14.0. The summed E-state index contributed by atoms with van der Waals surface area (Å²) in [6, 6.07) is 3.02. The quantitative estimate of drug-likeness (QED) is 0.806. The third-order valence-corrected chi connectivity index (χ3v) is 4.26. The summed E-state index contributed by atoms with van der Waals surface area (Å²) in [5, 5.41) is 2.90. The number of amides is 1. The molecule has 0 aliphatic carbocycles. The summed E-state index contributed by atoms with van der Waals surface area (Å²) in [6.07, 6.45) is 1.68. The Bertz CT molecular complexity index is 596. The molecule has 0 aromatic heterocycles. The highest BCUT2D eigenvalue weighted by atomic mass is 35.5. The number of hydrogen-bond donors (Lipinski definition) is 1. The van der Waals surface area contributed by atoms with Gasteiger partial charge in [-0.05, 0) is 55.8 Å². The van der Waals surface area contributed by atoms with E-state index >= 15 is 0 Å². The minimum atomic E-state index is -4.44. The number of benzene rings is 1. The van der Waals surface area contributed by atoms with Crippen LogP contribution in [0.15, 0.2) is 24.3 Å². The van der Waals surface area contributed by atoms with Gasteiger partial charge in [-0.2, -0.15) is 13.2 Å². The molecule has 7 heteroatoms. The van der Waals surface area contributed by atoms with E-state index in [-0.39, 0.29) is 16.5 Å². The molecule has 1 amide bonds. The van der Waals surface area contributed by atoms with Crippen LogP contribution in [-0.2, 0) is 11.0 Å². The second kappa shape index (κ2) is 8.53. The summed E-state index contributed by atoms with van der Waals surface area (Å²) in [4.78, 5) is 14.1. The Kier molecular flexibility index (Phi) is 6.69. The van der Waals surface area contributed by atoms with Crippen molar-refractivity contribution in [3.05, 3.63) is 40.4 Å². The Morgan fingerprint density at radius 3 is 2.62 bits per heavy atom. The fraction of sp³-hybridized carbons (Fsp3) is 0.471. The van der Waals surface area contributed by atoms with Gasteiger partial charge in [0.25, 0.3) is 0 Å². The van der Waals surface area contributed by atoms with E-state index in [2.05, 4.69) is 10.2 Å². The molecule has 1 N–H and O–H groups in total. The largest absolute Gasteiger partial charge is 0.416 e. The van der Waals surface area contributed by atoms with Crippen LogP contribution in [0.1, 0.15) is 30.4 Å². The molecule has 1 aliphatic heterocycles. The van der Waals surface area contributed by atoms with Gasteiger partial charge in [0.15, 0.2) is 0 Å². The lowest BCUT2D eigenvalue weighted by atomic mass is 10.1. The fourth-order valence-corrected chi connectivity index (χ4v) is 2.77. The van der Waals surface area contributed by atoms with Crippen LogP contribution in [0.5, 0.6) is 0 Å². The van der Waals surface area contributed by atoms with E-state index < -0.39 is 11.7 Å². The van der Waals surface area contributed by atoms with E-state index in [9.17, 15) is 18.0 Å². The van der Waals surface area contributed by atoms with Crippen LogP contribution in [0.4, 0.5) is 13.2 Å². The van der Waals surface area contributed by atoms with Gasteiger partial charge >= 0.3 is 6.18 Å². The number of likely N-dealkylation sites (tertiary alicyclic amines) is 1. The van der Waals surface area contributed by atoms with E-state index in [1.165, 1.54) is 37.5 Å². The third-order valence-electron chi connectivity index (χ3n) is 3.91. The second-order valence-corrected chi connectivity index (χ2v) is 6.17. The van der Waals surface area contributed by atoms with Gasteiger partial charge in [0.05, 0.1) is 5.56 Å². The van der Waals surface area contributed by atoms with Gasteiger partial charge in [-0.25, -0.2) is 0 Å². The predicted octanol–water partition coefficient (Wildman–Crippen LogP) is 3.97. The maximum absolute atomic E-state index is 12.7. The summed E-state index contributed by atoms with van der Waals surface area (Å²) in [6.45, 7) is 3.39. The standard InChI is InChI=1S/C17H20ClF3N2O/c18-15-6-5-14(17(19,20)21)12-13(15)4-7-16(24)22-8-11-23-9-2-1-3-10-23/h4-7,12H,1-3,8-11H2,(H,22,24)/b7-4+. The molecule has 3 nitrogen and oxygen atoms in total. The van der Waals surface area contributed by atoms with Gasteiger partial charge in [-0.15, -0.1) is 0 Å². The number of rotatable bonds is 5. The molecule has 1 saturated heterocycles. The molecular weight excluding hydrogens is 341 g/mol. The van der Waals surface area contributed by atoms with Crippen molar-refractivity contribution in [3.8, 4) is 0 Å². The van der Waals surface area contributed by atoms with E-state index in [4.69, 9.17) is 11.6 Å². The number of carbonyl (C=O) groups excluding carboxylic acids is 1. The molecule has 0 atom stereocenters. The Labute approximate surface area is 144 Å². The van der Waals surface area contributed by atoms with Crippen LogP contribution >= 0.6 is 11.6 Å². The van der Waals surface area contributed by atoms with Gasteiger partial charge < -0.3 is 10.2 Å². The first-order valence-corrected chi connectivity index (χ1v) is 8.29. The third kappa shape index (κ3) is 5.83. The summed E-state index contributed by atoms with van der Waals surface area (Å²) >= 11 is 5.88. The second-order valence-electron chi connectivity index (χ2n) is 5.76. The topological polar surface area (TPSA) is 32.3 Å². The number of nitrogens with one attached hydrogen (secondary N) is 1. The van der Waals surface area contributed by atoms with E-state index in [1.54, 1.807) is 0 Å². The van der Waals surface area contributed by atoms with E-state index in [1.807, 2.05) is 0 Å². The Hall–Kier alpha value is -1.53. The molecule has 132 valence electrons. The molecule has 2 rings (SSSR count). The molecule has 1 fully saturated rings. The summed E-state index contributed by atoms with van der Waals surface area (Å²) in [5.41, 5.74) is -0.630. The molecule has 1 heterocycles. The number of hydrogen-bond acceptors (Lipinski definition) is 2. The van der Waals surface area contributed by atoms with Crippen molar-refractivity contribution in [1.82, 2.24) is 10.2 Å². The van der Waals surface area contributed by atoms with Crippen molar-refractivity contribution in [2.24, 2.45) is 0 Å². The highest BCUT2D eigenvalue weighted by molar-refractivity contribution is 6.32. The Morgan fingerprint density at radius 2 is 1.96 bits per heavy atom. The first-order chi connectivity index (χ1) is 11.4. The summed E-state index contributed by atoms with van der Waals surface area (Å²) in [7, 11) is 0. The monoisotopic (exact) mass is 360 g/mol. The van der Waals surface area contributed by atoms with Crippen molar-refractivity contribution >= 4 is 23.6 Å². The van der Waals surface area contributed by atoms with Gasteiger partial charge in [-0.1, -0.05) is 18.0 Å². The van der Waals surface area contributed by atoms with E-state index in [0.717, 1.165) is 31.8 Å². The fourth-order valence-electron chi connectivity index (χ4n) is 2.59. The van der Waals surface area contributed by atoms with Gasteiger partial charge in [0, 0.05) is 24.2 Å². The Balaban J connectivity index is 1.86. The predicted molar refractivity (Wildman–Crippen MR) is 88.8 cm³/mol. The number of carbonyl (C=O) groups is 1.